The summed E-state index contributed by atoms with van der Waals surface area (Å²) in [4.78, 5) is 31.3. The van der Waals surface area contributed by atoms with Crippen molar-refractivity contribution in [1.29, 1.82) is 0 Å². The van der Waals surface area contributed by atoms with Crippen LogP contribution in [0.1, 0.15) is 96.8 Å². The smallest absolute Gasteiger partial charge is 0.810 e. The second kappa shape index (κ2) is 26.8. The molecular weight excluding hydrogens is 389 g/mol. The van der Waals surface area contributed by atoms with Crippen molar-refractivity contribution in [2.75, 3.05) is 0 Å². The molecule has 0 aliphatic rings. The van der Waals surface area contributed by atoms with E-state index in [-0.39, 0.29) is 109 Å². The largest absolute Gasteiger partial charge is 1.00 e. The van der Waals surface area contributed by atoms with Gasteiger partial charge in [0.15, 0.2) is 0 Å². The normalized spacial score (nSPS) is 10.6. The van der Waals surface area contributed by atoms with E-state index in [0.29, 0.717) is 6.42 Å². The molecule has 0 aliphatic heterocycles. The maximum atomic E-state index is 11.0. The van der Waals surface area contributed by atoms with E-state index in [1.165, 1.54) is 51.4 Å². The van der Waals surface area contributed by atoms with Gasteiger partial charge in [-0.05, 0) is 32.1 Å². The second-order valence-electron chi connectivity index (χ2n) is 6.02. The average molecular weight is 423 g/mol. The van der Waals surface area contributed by atoms with Crippen LogP contribution in [0.25, 0.3) is 0 Å². The zero-order valence-electron chi connectivity index (χ0n) is 16.6. The van der Waals surface area contributed by atoms with Gasteiger partial charge in [0.2, 0.25) is 0 Å². The molecule has 0 spiro atoms. The molecule has 0 aromatic carbocycles. The summed E-state index contributed by atoms with van der Waals surface area (Å²) < 4.78 is 4.07. The quantitative estimate of drug-likeness (QED) is 0.132. The maximum absolute atomic E-state index is 11.0. The molecule has 7 heteroatoms. The first-order valence-electron chi connectivity index (χ1n) is 9.17. The summed E-state index contributed by atoms with van der Waals surface area (Å²) in [6, 6.07) is 0. The molecule has 0 atom stereocenters. The Kier molecular flexibility index (Phi) is 34.9. The fourth-order valence-electron chi connectivity index (χ4n) is 2.47. The standard InChI is InChI=1S/C18H33O4P.2K/c1-2-3-4-5-6-7-8-9-10-11-12-13-14-15-16-17-18(19)22-23(20)21;;/h9-10H,2-8,11-17H2,1H3;;/q-2;2*+1. The molecule has 0 N–H and O–H groups in total. The fraction of sp³-hybridized carbons (Fsp3) is 0.833. The number of rotatable bonds is 16. The monoisotopic (exact) mass is 422 g/mol. The van der Waals surface area contributed by atoms with Crippen molar-refractivity contribution < 1.29 is 122 Å². The molecule has 0 saturated carbocycles. The molecular formula is C18H33K2O4P. The molecule has 0 fully saturated rings. The number of carbonyl (C=O) groups excluding carboxylic acids is 1. The van der Waals surface area contributed by atoms with Gasteiger partial charge in [-0.1, -0.05) is 79.0 Å². The van der Waals surface area contributed by atoms with Crippen LogP contribution in [0.5, 0.6) is 0 Å². The van der Waals surface area contributed by atoms with Crippen LogP contribution in [-0.2, 0) is 9.32 Å². The van der Waals surface area contributed by atoms with Crippen molar-refractivity contribution in [2.24, 2.45) is 0 Å². The Hall–Kier alpha value is 2.83. The molecule has 0 aromatic heterocycles. The van der Waals surface area contributed by atoms with Gasteiger partial charge < -0.3 is 14.3 Å². The van der Waals surface area contributed by atoms with Gasteiger partial charge >= 0.3 is 109 Å². The predicted molar refractivity (Wildman–Crippen MR) is 92.5 cm³/mol. The van der Waals surface area contributed by atoms with E-state index in [1.807, 2.05) is 0 Å². The Morgan fingerprint density at radius 1 is 0.800 bits per heavy atom. The fourth-order valence-corrected chi connectivity index (χ4v) is 2.73. The Balaban J connectivity index is -0.00000242. The third kappa shape index (κ3) is 29.1. The molecule has 0 bridgehead atoms. The van der Waals surface area contributed by atoms with Crippen LogP contribution in [0.2, 0.25) is 0 Å². The summed E-state index contributed by atoms with van der Waals surface area (Å²) in [6.07, 6.45) is 20.3. The van der Waals surface area contributed by atoms with Gasteiger partial charge in [-0.25, -0.2) is 0 Å². The Morgan fingerprint density at radius 3 is 1.72 bits per heavy atom. The summed E-state index contributed by atoms with van der Waals surface area (Å²) in [5.74, 6) is -0.640. The van der Waals surface area contributed by atoms with E-state index >= 15 is 0 Å². The molecule has 0 amide bonds. The van der Waals surface area contributed by atoms with Crippen LogP contribution in [0.4, 0.5) is 0 Å². The van der Waals surface area contributed by atoms with Crippen molar-refractivity contribution in [2.45, 2.75) is 96.8 Å². The maximum Gasteiger partial charge on any atom is 1.00 e. The summed E-state index contributed by atoms with van der Waals surface area (Å²) >= 11 is 0. The van der Waals surface area contributed by atoms with Crippen molar-refractivity contribution in [1.82, 2.24) is 0 Å². The van der Waals surface area contributed by atoms with Gasteiger partial charge in [0.25, 0.3) is 0 Å². The van der Waals surface area contributed by atoms with Crippen LogP contribution >= 0.6 is 8.60 Å². The van der Waals surface area contributed by atoms with Crippen LogP contribution in [0, 0.1) is 0 Å². The molecule has 25 heavy (non-hydrogen) atoms. The third-order valence-electron chi connectivity index (χ3n) is 3.82. The SMILES string of the molecule is CCCCCCCCC=CCCCCCCCC(=O)OP([O-])[O-].[K+].[K+]. The second-order valence-corrected chi connectivity index (χ2v) is 6.65. The van der Waals surface area contributed by atoms with E-state index in [2.05, 4.69) is 23.6 Å². The van der Waals surface area contributed by atoms with Crippen molar-refractivity contribution >= 4 is 14.6 Å². The first-order valence-corrected chi connectivity index (χ1v) is 10.3. The Bertz CT molecular complexity index is 303. The van der Waals surface area contributed by atoms with Crippen LogP contribution in [-0.4, -0.2) is 5.97 Å². The Labute approximate surface area is 241 Å². The molecule has 0 saturated heterocycles. The van der Waals surface area contributed by atoms with Gasteiger partial charge in [0.1, 0.15) is 0 Å². The van der Waals surface area contributed by atoms with Gasteiger partial charge in [-0.2, -0.15) is 0 Å². The van der Waals surface area contributed by atoms with Crippen molar-refractivity contribution in [3.8, 4) is 0 Å². The molecule has 4 nitrogen and oxygen atoms in total. The van der Waals surface area contributed by atoms with E-state index in [1.54, 1.807) is 0 Å². The first-order chi connectivity index (χ1) is 11.2. The minimum absolute atomic E-state index is 0. The molecule has 0 heterocycles. The zero-order valence-corrected chi connectivity index (χ0v) is 23.8. The number of allylic oxidation sites excluding steroid dienone is 2. The van der Waals surface area contributed by atoms with E-state index in [4.69, 9.17) is 0 Å². The summed E-state index contributed by atoms with van der Waals surface area (Å²) in [7, 11) is -3.04. The van der Waals surface area contributed by atoms with E-state index in [9.17, 15) is 14.6 Å². The molecule has 136 valence electrons. The number of hydrogen-bond acceptors (Lipinski definition) is 4. The summed E-state index contributed by atoms with van der Waals surface area (Å²) in [5, 5.41) is 0. The summed E-state index contributed by atoms with van der Waals surface area (Å²) in [5.41, 5.74) is 0. The van der Waals surface area contributed by atoms with Gasteiger partial charge in [-0.3, -0.25) is 4.79 Å². The zero-order chi connectivity index (χ0) is 17.2. The van der Waals surface area contributed by atoms with Crippen LogP contribution < -0.4 is 113 Å². The first kappa shape index (κ1) is 32.5. The third-order valence-corrected chi connectivity index (χ3v) is 4.17. The van der Waals surface area contributed by atoms with Gasteiger partial charge in [0.05, 0.1) is 0 Å². The molecule has 0 rings (SSSR count). The van der Waals surface area contributed by atoms with Crippen LogP contribution in [0.3, 0.4) is 0 Å². The average Bonchev–Trinajstić information content (AvgIpc) is 2.50. The topological polar surface area (TPSA) is 72.4 Å². The predicted octanol–water partition coefficient (Wildman–Crippen LogP) is -1.48. The molecule has 0 unspecified atom stereocenters. The number of carbonyl (C=O) groups is 1. The number of unbranched alkanes of at least 4 members (excludes halogenated alkanes) is 11. The van der Waals surface area contributed by atoms with Gasteiger partial charge in [0, 0.05) is 6.42 Å². The minimum Gasteiger partial charge on any atom is -0.810 e. The molecule has 0 aromatic rings. The molecule has 0 aliphatic carbocycles. The van der Waals surface area contributed by atoms with Crippen molar-refractivity contribution in [3.63, 3.8) is 0 Å². The summed E-state index contributed by atoms with van der Waals surface area (Å²) in [6.45, 7) is 2.25. The molecule has 0 radical (unpaired) electrons. The Morgan fingerprint density at radius 2 is 1.24 bits per heavy atom. The van der Waals surface area contributed by atoms with Gasteiger partial charge in [-0.15, -0.1) is 0 Å². The number of hydrogen-bond donors (Lipinski definition) is 0. The minimum atomic E-state index is -3.04. The van der Waals surface area contributed by atoms with Crippen molar-refractivity contribution in [3.05, 3.63) is 12.2 Å². The van der Waals surface area contributed by atoms with E-state index in [0.717, 1.165) is 25.7 Å². The van der Waals surface area contributed by atoms with Crippen LogP contribution in [0.15, 0.2) is 12.2 Å². The van der Waals surface area contributed by atoms with E-state index < -0.39 is 14.6 Å².